The van der Waals surface area contributed by atoms with Crippen LogP contribution < -0.4 is 10.1 Å². The first kappa shape index (κ1) is 19.7. The summed E-state index contributed by atoms with van der Waals surface area (Å²) in [6, 6.07) is 5.93. The van der Waals surface area contributed by atoms with Crippen LogP contribution in [0.15, 0.2) is 33.8 Å². The molecule has 146 valence electrons. The Labute approximate surface area is 163 Å². The van der Waals surface area contributed by atoms with Crippen LogP contribution in [0.5, 0.6) is 5.75 Å². The van der Waals surface area contributed by atoms with Crippen LogP contribution in [0.2, 0.25) is 5.02 Å². The number of ether oxygens (including phenoxy) is 1. The maximum atomic E-state index is 12.6. The van der Waals surface area contributed by atoms with E-state index in [0.29, 0.717) is 29.5 Å². The zero-order chi connectivity index (χ0) is 19.6. The second-order valence-electron chi connectivity index (χ2n) is 6.34. The number of rotatable bonds is 5. The summed E-state index contributed by atoms with van der Waals surface area (Å²) >= 11 is 6.06. The molecular formula is C18H21ClN2O5S. The van der Waals surface area contributed by atoms with Gasteiger partial charge in [-0.2, -0.15) is 4.31 Å². The van der Waals surface area contributed by atoms with E-state index in [1.807, 2.05) is 0 Å². The monoisotopic (exact) mass is 412 g/mol. The molecule has 1 fully saturated rings. The summed E-state index contributed by atoms with van der Waals surface area (Å²) in [5.41, 5.74) is 1.18. The molecule has 9 heteroatoms. The fourth-order valence-electron chi connectivity index (χ4n) is 2.93. The van der Waals surface area contributed by atoms with Gasteiger partial charge in [-0.15, -0.1) is 0 Å². The van der Waals surface area contributed by atoms with Crippen molar-refractivity contribution in [3.8, 4) is 5.75 Å². The molecule has 0 bridgehead atoms. The molecule has 27 heavy (non-hydrogen) atoms. The van der Waals surface area contributed by atoms with Crippen molar-refractivity contribution in [3.05, 3.63) is 40.6 Å². The van der Waals surface area contributed by atoms with Crippen molar-refractivity contribution in [1.29, 1.82) is 0 Å². The SMILES string of the molecule is COc1cc(Cl)c(C)cc1NC(=O)c1ccc(S(=O)(=O)N2CCCCC2)o1. The molecule has 2 heterocycles. The first-order valence-corrected chi connectivity index (χ1v) is 10.4. The number of nitrogens with zero attached hydrogens (tertiary/aromatic N) is 1. The lowest BCUT2D eigenvalue weighted by Gasteiger charge is -2.24. The number of aryl methyl sites for hydroxylation is 1. The smallest absolute Gasteiger partial charge is 0.291 e. The lowest BCUT2D eigenvalue weighted by molar-refractivity contribution is 0.0991. The average molecular weight is 413 g/mol. The van der Waals surface area contributed by atoms with E-state index in [9.17, 15) is 13.2 Å². The molecule has 1 N–H and O–H groups in total. The molecule has 2 aromatic rings. The van der Waals surface area contributed by atoms with Crippen molar-refractivity contribution >= 4 is 33.2 Å². The van der Waals surface area contributed by atoms with E-state index < -0.39 is 15.9 Å². The van der Waals surface area contributed by atoms with E-state index in [2.05, 4.69) is 5.32 Å². The normalized spacial score (nSPS) is 15.5. The zero-order valence-electron chi connectivity index (χ0n) is 15.1. The molecule has 1 amide bonds. The predicted octanol–water partition coefficient (Wildman–Crippen LogP) is 3.68. The Morgan fingerprint density at radius 1 is 1.22 bits per heavy atom. The fourth-order valence-corrected chi connectivity index (χ4v) is 4.51. The standard InChI is InChI=1S/C18H21ClN2O5S/c1-12-10-14(16(25-2)11-13(12)19)20-18(22)15-6-7-17(26-15)27(23,24)21-8-4-3-5-9-21/h6-7,10-11H,3-5,8-9H2,1-2H3,(H,20,22). The Bertz CT molecular complexity index is 949. The van der Waals surface area contributed by atoms with Crippen molar-refractivity contribution in [1.82, 2.24) is 4.31 Å². The number of hydrogen-bond donors (Lipinski definition) is 1. The summed E-state index contributed by atoms with van der Waals surface area (Å²) in [6.45, 7) is 2.73. The highest BCUT2D eigenvalue weighted by Gasteiger charge is 2.29. The second-order valence-corrected chi connectivity index (χ2v) is 8.62. The summed E-state index contributed by atoms with van der Waals surface area (Å²) in [5.74, 6) is -0.276. The van der Waals surface area contributed by atoms with Crippen LogP contribution >= 0.6 is 11.6 Å². The molecule has 7 nitrogen and oxygen atoms in total. The lowest BCUT2D eigenvalue weighted by atomic mass is 10.2. The number of halogens is 1. The zero-order valence-corrected chi connectivity index (χ0v) is 16.7. The van der Waals surface area contributed by atoms with Gasteiger partial charge in [-0.05, 0) is 43.5 Å². The Morgan fingerprint density at radius 3 is 2.59 bits per heavy atom. The number of nitrogens with one attached hydrogen (secondary N) is 1. The van der Waals surface area contributed by atoms with Gasteiger partial charge >= 0.3 is 0 Å². The third kappa shape index (κ3) is 4.12. The first-order valence-electron chi connectivity index (χ1n) is 8.58. The molecule has 3 rings (SSSR count). The van der Waals surface area contributed by atoms with Gasteiger partial charge in [0.15, 0.2) is 5.76 Å². The highest BCUT2D eigenvalue weighted by Crippen LogP contribution is 2.31. The number of anilines is 1. The van der Waals surface area contributed by atoms with Gasteiger partial charge in [0.05, 0.1) is 12.8 Å². The van der Waals surface area contributed by atoms with Crippen LogP contribution in [-0.2, 0) is 10.0 Å². The Hall–Kier alpha value is -2.03. The number of benzene rings is 1. The Balaban J connectivity index is 1.80. The number of carbonyl (C=O) groups excluding carboxylic acids is 1. The molecule has 1 aliphatic rings. The average Bonchev–Trinajstić information content (AvgIpc) is 3.16. The van der Waals surface area contributed by atoms with Crippen LogP contribution in [0, 0.1) is 6.92 Å². The molecule has 1 aromatic heterocycles. The van der Waals surface area contributed by atoms with E-state index in [4.69, 9.17) is 20.8 Å². The second kappa shape index (κ2) is 7.92. The van der Waals surface area contributed by atoms with E-state index in [1.54, 1.807) is 19.1 Å². The largest absolute Gasteiger partial charge is 0.495 e. The predicted molar refractivity (Wildman–Crippen MR) is 102 cm³/mol. The van der Waals surface area contributed by atoms with Crippen LogP contribution in [0.25, 0.3) is 0 Å². The molecule has 1 aromatic carbocycles. The van der Waals surface area contributed by atoms with Crippen LogP contribution in [0.3, 0.4) is 0 Å². The molecule has 0 saturated carbocycles. The van der Waals surface area contributed by atoms with Crippen LogP contribution in [0.1, 0.15) is 35.4 Å². The minimum atomic E-state index is -3.73. The van der Waals surface area contributed by atoms with E-state index >= 15 is 0 Å². The molecular weight excluding hydrogens is 392 g/mol. The quantitative estimate of drug-likeness (QED) is 0.809. The summed E-state index contributed by atoms with van der Waals surface area (Å²) in [4.78, 5) is 12.5. The van der Waals surface area contributed by atoms with Crippen molar-refractivity contribution < 1.29 is 22.4 Å². The van der Waals surface area contributed by atoms with Crippen molar-refractivity contribution in [2.45, 2.75) is 31.3 Å². The molecule has 0 spiro atoms. The Morgan fingerprint density at radius 2 is 1.93 bits per heavy atom. The number of sulfonamides is 1. The van der Waals surface area contributed by atoms with E-state index in [0.717, 1.165) is 24.8 Å². The fraction of sp³-hybridized carbons (Fsp3) is 0.389. The van der Waals surface area contributed by atoms with Gasteiger partial charge in [0.1, 0.15) is 5.75 Å². The molecule has 0 unspecified atom stereocenters. The van der Waals surface area contributed by atoms with Crippen molar-refractivity contribution in [3.63, 3.8) is 0 Å². The number of amides is 1. The number of hydrogen-bond acceptors (Lipinski definition) is 5. The first-order chi connectivity index (χ1) is 12.8. The van der Waals surface area contributed by atoms with E-state index in [1.165, 1.54) is 23.5 Å². The highest BCUT2D eigenvalue weighted by atomic mass is 35.5. The lowest BCUT2D eigenvalue weighted by Crippen LogP contribution is -2.35. The maximum absolute atomic E-state index is 12.6. The third-order valence-corrected chi connectivity index (χ3v) is 6.62. The summed E-state index contributed by atoms with van der Waals surface area (Å²) < 4.78 is 37.2. The summed E-state index contributed by atoms with van der Waals surface area (Å²) in [6.07, 6.45) is 2.66. The van der Waals surface area contributed by atoms with Crippen LogP contribution in [0.4, 0.5) is 5.69 Å². The topological polar surface area (TPSA) is 88.8 Å². The molecule has 1 aliphatic heterocycles. The van der Waals surface area contributed by atoms with Crippen LogP contribution in [-0.4, -0.2) is 38.8 Å². The molecule has 0 radical (unpaired) electrons. The minimum Gasteiger partial charge on any atom is -0.495 e. The number of carbonyl (C=O) groups is 1. The molecule has 0 atom stereocenters. The van der Waals surface area contributed by atoms with Gasteiger partial charge < -0.3 is 14.5 Å². The van der Waals surface area contributed by atoms with Gasteiger partial charge in [0.25, 0.3) is 15.9 Å². The minimum absolute atomic E-state index is 0.0970. The summed E-state index contributed by atoms with van der Waals surface area (Å²) in [7, 11) is -2.26. The van der Waals surface area contributed by atoms with Gasteiger partial charge in [-0.1, -0.05) is 18.0 Å². The highest BCUT2D eigenvalue weighted by molar-refractivity contribution is 7.89. The third-order valence-electron chi connectivity index (χ3n) is 4.44. The number of piperidine rings is 1. The van der Waals surface area contributed by atoms with Crippen molar-refractivity contribution in [2.24, 2.45) is 0 Å². The van der Waals surface area contributed by atoms with Gasteiger partial charge in [-0.25, -0.2) is 8.42 Å². The van der Waals surface area contributed by atoms with Gasteiger partial charge in [0.2, 0.25) is 5.09 Å². The molecule has 0 aliphatic carbocycles. The number of methoxy groups -OCH3 is 1. The Kier molecular flexibility index (Phi) is 5.78. The van der Waals surface area contributed by atoms with Crippen molar-refractivity contribution in [2.75, 3.05) is 25.5 Å². The molecule has 1 saturated heterocycles. The van der Waals surface area contributed by atoms with E-state index in [-0.39, 0.29) is 10.9 Å². The van der Waals surface area contributed by atoms with Gasteiger partial charge in [-0.3, -0.25) is 4.79 Å². The maximum Gasteiger partial charge on any atom is 0.291 e. The van der Waals surface area contributed by atoms with Gasteiger partial charge in [0, 0.05) is 24.2 Å². The summed E-state index contributed by atoms with van der Waals surface area (Å²) in [5, 5.41) is 2.95. The number of furan rings is 1.